The standard InChI is InChI=1S/C45H32N2S/c1-45(2)38-14-8-6-12-33(38)34-22-20-31(26-39(34)45)47(30-18-16-29(17-19-30)28-10-4-3-5-11-28)32-21-23-35-36-24-25-42-43(44(36)46-40(35)27-32)37-13-7-9-15-41(37)48-42/h3-27,46H,1-2H3. The number of thiophene rings is 1. The van der Waals surface area contributed by atoms with Gasteiger partial charge in [0.2, 0.25) is 0 Å². The molecule has 228 valence electrons. The normalized spacial score (nSPS) is 13.4. The van der Waals surface area contributed by atoms with Crippen LogP contribution >= 0.6 is 11.3 Å². The van der Waals surface area contributed by atoms with Gasteiger partial charge < -0.3 is 9.88 Å². The van der Waals surface area contributed by atoms with Crippen LogP contribution in [0.1, 0.15) is 25.0 Å². The van der Waals surface area contributed by atoms with Gasteiger partial charge in [-0.25, -0.2) is 0 Å². The van der Waals surface area contributed by atoms with Crippen molar-refractivity contribution in [3.05, 3.63) is 163 Å². The molecule has 2 heterocycles. The van der Waals surface area contributed by atoms with E-state index in [0.717, 1.165) is 22.6 Å². The molecule has 1 aliphatic rings. The van der Waals surface area contributed by atoms with Crippen LogP contribution in [-0.4, -0.2) is 4.98 Å². The Balaban J connectivity index is 1.16. The van der Waals surface area contributed by atoms with Gasteiger partial charge >= 0.3 is 0 Å². The summed E-state index contributed by atoms with van der Waals surface area (Å²) in [6.07, 6.45) is 0. The molecule has 0 unspecified atom stereocenters. The smallest absolute Gasteiger partial charge is 0.0559 e. The highest BCUT2D eigenvalue weighted by Gasteiger charge is 2.35. The molecule has 0 saturated carbocycles. The molecule has 1 N–H and O–H groups in total. The van der Waals surface area contributed by atoms with Crippen LogP contribution in [0.15, 0.2) is 152 Å². The van der Waals surface area contributed by atoms with Crippen LogP contribution in [-0.2, 0) is 5.41 Å². The number of fused-ring (bicyclic) bond motifs is 10. The lowest BCUT2D eigenvalue weighted by Crippen LogP contribution is -2.16. The van der Waals surface area contributed by atoms with Crippen molar-refractivity contribution in [3.8, 4) is 22.3 Å². The zero-order chi connectivity index (χ0) is 32.0. The lowest BCUT2D eigenvalue weighted by molar-refractivity contribution is 0.660. The van der Waals surface area contributed by atoms with Crippen LogP contribution in [0.3, 0.4) is 0 Å². The predicted molar refractivity (Wildman–Crippen MR) is 206 cm³/mol. The summed E-state index contributed by atoms with van der Waals surface area (Å²) >= 11 is 1.87. The average Bonchev–Trinajstić information content (AvgIpc) is 3.77. The van der Waals surface area contributed by atoms with Crippen LogP contribution in [0.2, 0.25) is 0 Å². The molecule has 0 spiro atoms. The molecule has 1 aliphatic carbocycles. The summed E-state index contributed by atoms with van der Waals surface area (Å²) in [5, 5.41) is 5.15. The fourth-order valence-corrected chi connectivity index (χ4v) is 9.14. The number of rotatable bonds is 4. The number of aromatic nitrogens is 1. The first-order valence-corrected chi connectivity index (χ1v) is 17.4. The molecule has 2 nitrogen and oxygen atoms in total. The maximum absolute atomic E-state index is 3.87. The highest BCUT2D eigenvalue weighted by molar-refractivity contribution is 7.26. The summed E-state index contributed by atoms with van der Waals surface area (Å²) in [5.41, 5.74) is 13.6. The Labute approximate surface area is 283 Å². The SMILES string of the molecule is CC1(C)c2ccccc2-c2ccc(N(c3ccc(-c4ccccc4)cc3)c3ccc4c(c3)[nH]c3c4ccc4sc5ccccc5c43)cc21. The molecule has 0 bridgehead atoms. The van der Waals surface area contributed by atoms with Crippen molar-refractivity contribution in [3.63, 3.8) is 0 Å². The van der Waals surface area contributed by atoms with Gasteiger partial charge in [-0.1, -0.05) is 117 Å². The molecule has 0 radical (unpaired) electrons. The fourth-order valence-electron chi connectivity index (χ4n) is 8.03. The van der Waals surface area contributed by atoms with E-state index in [9.17, 15) is 0 Å². The summed E-state index contributed by atoms with van der Waals surface area (Å²) in [5.74, 6) is 0. The predicted octanol–water partition coefficient (Wildman–Crippen LogP) is 13.1. The molecule has 0 fully saturated rings. The number of benzene rings is 7. The molecule has 0 amide bonds. The number of aromatic amines is 1. The summed E-state index contributed by atoms with van der Waals surface area (Å²) in [6.45, 7) is 4.71. The molecular weight excluding hydrogens is 601 g/mol. The first kappa shape index (κ1) is 27.5. The molecule has 9 aromatic rings. The molecule has 7 aromatic carbocycles. The molecule has 0 aliphatic heterocycles. The van der Waals surface area contributed by atoms with Gasteiger partial charge in [0.05, 0.1) is 5.52 Å². The van der Waals surface area contributed by atoms with Crippen molar-refractivity contribution >= 4 is 70.4 Å². The zero-order valence-electron chi connectivity index (χ0n) is 26.8. The Morgan fingerprint density at radius 2 is 1.17 bits per heavy atom. The second kappa shape index (κ2) is 10.2. The third kappa shape index (κ3) is 3.98. The summed E-state index contributed by atoms with van der Waals surface area (Å²) < 4.78 is 2.64. The van der Waals surface area contributed by atoms with E-state index in [4.69, 9.17) is 0 Å². The first-order valence-electron chi connectivity index (χ1n) is 16.6. The summed E-state index contributed by atoms with van der Waals surface area (Å²) in [4.78, 5) is 6.29. The third-order valence-corrected chi connectivity index (χ3v) is 11.5. The molecule has 0 atom stereocenters. The zero-order valence-corrected chi connectivity index (χ0v) is 27.6. The fraction of sp³-hybridized carbons (Fsp3) is 0.0667. The highest BCUT2D eigenvalue weighted by atomic mass is 32.1. The van der Waals surface area contributed by atoms with Gasteiger partial charge in [0, 0.05) is 58.9 Å². The summed E-state index contributed by atoms with van der Waals surface area (Å²) in [6, 6.07) is 55.7. The molecule has 3 heteroatoms. The van der Waals surface area contributed by atoms with E-state index < -0.39 is 0 Å². The van der Waals surface area contributed by atoms with E-state index >= 15 is 0 Å². The molecule has 2 aromatic heterocycles. The quantitative estimate of drug-likeness (QED) is 0.205. The largest absolute Gasteiger partial charge is 0.354 e. The van der Waals surface area contributed by atoms with Gasteiger partial charge in [-0.05, 0) is 81.9 Å². The van der Waals surface area contributed by atoms with E-state index in [1.165, 1.54) is 69.8 Å². The van der Waals surface area contributed by atoms with Crippen molar-refractivity contribution in [1.29, 1.82) is 0 Å². The Hall–Kier alpha value is -5.64. The number of H-pyrrole nitrogens is 1. The minimum Gasteiger partial charge on any atom is -0.354 e. The second-order valence-corrected chi connectivity index (χ2v) is 14.5. The first-order chi connectivity index (χ1) is 23.5. The Bertz CT molecular complexity index is 2690. The highest BCUT2D eigenvalue weighted by Crippen LogP contribution is 2.51. The third-order valence-electron chi connectivity index (χ3n) is 10.4. The minimum atomic E-state index is -0.0827. The van der Waals surface area contributed by atoms with Crippen LogP contribution < -0.4 is 4.90 Å². The maximum Gasteiger partial charge on any atom is 0.0559 e. The van der Waals surface area contributed by atoms with Crippen LogP contribution in [0.25, 0.3) is 64.2 Å². The average molecular weight is 633 g/mol. The van der Waals surface area contributed by atoms with E-state index in [1.807, 2.05) is 11.3 Å². The van der Waals surface area contributed by atoms with Crippen molar-refractivity contribution in [2.75, 3.05) is 4.90 Å². The Kier molecular flexibility index (Phi) is 5.82. The van der Waals surface area contributed by atoms with Gasteiger partial charge in [-0.3, -0.25) is 0 Å². The van der Waals surface area contributed by atoms with Gasteiger partial charge in [0.1, 0.15) is 0 Å². The number of nitrogens with zero attached hydrogens (tertiary/aromatic N) is 1. The number of hydrogen-bond acceptors (Lipinski definition) is 2. The van der Waals surface area contributed by atoms with Crippen LogP contribution in [0.4, 0.5) is 17.1 Å². The van der Waals surface area contributed by atoms with E-state index in [1.54, 1.807) is 0 Å². The monoisotopic (exact) mass is 632 g/mol. The van der Waals surface area contributed by atoms with Gasteiger partial charge in [0.25, 0.3) is 0 Å². The van der Waals surface area contributed by atoms with Crippen LogP contribution in [0, 0.1) is 0 Å². The number of anilines is 3. The van der Waals surface area contributed by atoms with Gasteiger partial charge in [-0.2, -0.15) is 0 Å². The minimum absolute atomic E-state index is 0.0827. The van der Waals surface area contributed by atoms with Gasteiger partial charge in [-0.15, -0.1) is 11.3 Å². The topological polar surface area (TPSA) is 19.0 Å². The molecular formula is C45H32N2S. The van der Waals surface area contributed by atoms with Gasteiger partial charge in [0.15, 0.2) is 0 Å². The van der Waals surface area contributed by atoms with E-state index in [2.05, 4.69) is 175 Å². The number of hydrogen-bond donors (Lipinski definition) is 1. The Morgan fingerprint density at radius 1 is 0.500 bits per heavy atom. The van der Waals surface area contributed by atoms with Crippen molar-refractivity contribution in [2.45, 2.75) is 19.3 Å². The maximum atomic E-state index is 3.87. The van der Waals surface area contributed by atoms with E-state index in [0.29, 0.717) is 0 Å². The van der Waals surface area contributed by atoms with Crippen molar-refractivity contribution in [2.24, 2.45) is 0 Å². The lowest BCUT2D eigenvalue weighted by atomic mass is 9.82. The second-order valence-electron chi connectivity index (χ2n) is 13.5. The molecule has 10 rings (SSSR count). The lowest BCUT2D eigenvalue weighted by Gasteiger charge is -2.28. The van der Waals surface area contributed by atoms with E-state index in [-0.39, 0.29) is 5.41 Å². The van der Waals surface area contributed by atoms with Crippen LogP contribution in [0.5, 0.6) is 0 Å². The molecule has 48 heavy (non-hydrogen) atoms. The Morgan fingerprint density at radius 3 is 2.04 bits per heavy atom. The van der Waals surface area contributed by atoms with Crippen molar-refractivity contribution < 1.29 is 0 Å². The molecule has 0 saturated heterocycles. The summed E-state index contributed by atoms with van der Waals surface area (Å²) in [7, 11) is 0. The number of nitrogens with one attached hydrogen (secondary N) is 1. The van der Waals surface area contributed by atoms with Crippen molar-refractivity contribution in [1.82, 2.24) is 4.98 Å².